The molecule has 0 spiro atoms. The molecule has 1 N–H and O–H groups in total. The lowest BCUT2D eigenvalue weighted by Crippen LogP contribution is -2.38. The van der Waals surface area contributed by atoms with Crippen LogP contribution >= 0.6 is 0 Å². The molecule has 1 atom stereocenters. The molecule has 1 fully saturated rings. The van der Waals surface area contributed by atoms with Gasteiger partial charge in [-0.25, -0.2) is 0 Å². The molecule has 0 radical (unpaired) electrons. The Hall–Kier alpha value is -3.12. The van der Waals surface area contributed by atoms with Gasteiger partial charge in [-0.1, -0.05) is 42.5 Å². The fourth-order valence-corrected chi connectivity index (χ4v) is 4.37. The summed E-state index contributed by atoms with van der Waals surface area (Å²) in [6.07, 6.45) is 4.49. The number of fused-ring (bicyclic) bond motifs is 1. The zero-order valence-corrected chi connectivity index (χ0v) is 17.7. The number of benzene rings is 2. The summed E-state index contributed by atoms with van der Waals surface area (Å²) >= 11 is 0. The highest BCUT2D eigenvalue weighted by atomic mass is 16.5. The summed E-state index contributed by atoms with van der Waals surface area (Å²) in [5.74, 6) is 0.867. The van der Waals surface area contributed by atoms with E-state index in [0.29, 0.717) is 13.2 Å². The average Bonchev–Trinajstić information content (AvgIpc) is 3.52. The first kappa shape index (κ1) is 19.8. The maximum Gasteiger partial charge on any atom is 0.230 e. The lowest BCUT2D eigenvalue weighted by atomic mass is 9.94. The first-order valence-corrected chi connectivity index (χ1v) is 10.8. The largest absolute Gasteiger partial charge is 0.497 e. The van der Waals surface area contributed by atoms with E-state index >= 15 is 0 Å². The summed E-state index contributed by atoms with van der Waals surface area (Å²) in [5, 5.41) is 7.92. The number of aromatic nitrogens is 2. The Balaban J connectivity index is 1.26. The number of hydrogen-bond donors (Lipinski definition) is 1. The second kappa shape index (κ2) is 8.19. The van der Waals surface area contributed by atoms with Gasteiger partial charge < -0.3 is 14.8 Å². The number of nitrogens with one attached hydrogen (secondary N) is 1. The summed E-state index contributed by atoms with van der Waals surface area (Å²) in [5.41, 5.74) is 3.98. The first-order valence-electron chi connectivity index (χ1n) is 10.8. The van der Waals surface area contributed by atoms with E-state index in [9.17, 15) is 4.79 Å². The van der Waals surface area contributed by atoms with E-state index in [-0.39, 0.29) is 12.0 Å². The van der Waals surface area contributed by atoms with Gasteiger partial charge in [0, 0.05) is 12.7 Å². The number of hydrogen-bond acceptors (Lipinski definition) is 4. The second-order valence-corrected chi connectivity index (χ2v) is 8.35. The van der Waals surface area contributed by atoms with Crippen LogP contribution in [0.5, 0.6) is 5.75 Å². The minimum atomic E-state index is -0.420. The molecule has 5 rings (SSSR count). The van der Waals surface area contributed by atoms with Crippen LogP contribution in [-0.4, -0.2) is 35.9 Å². The van der Waals surface area contributed by atoms with Crippen molar-refractivity contribution in [1.82, 2.24) is 15.1 Å². The van der Waals surface area contributed by atoms with Crippen molar-refractivity contribution in [2.24, 2.45) is 0 Å². The zero-order chi connectivity index (χ0) is 21.3. The zero-order valence-electron chi connectivity index (χ0n) is 17.7. The summed E-state index contributed by atoms with van der Waals surface area (Å²) in [6.45, 7) is 1.81. The quantitative estimate of drug-likeness (QED) is 0.640. The minimum absolute atomic E-state index is 0.0668. The number of rotatable bonds is 7. The van der Waals surface area contributed by atoms with Crippen molar-refractivity contribution >= 4 is 5.91 Å². The van der Waals surface area contributed by atoms with Crippen LogP contribution in [-0.2, 0) is 27.9 Å². The van der Waals surface area contributed by atoms with Crippen LogP contribution in [0.15, 0.2) is 60.8 Å². The predicted molar refractivity (Wildman–Crippen MR) is 117 cm³/mol. The van der Waals surface area contributed by atoms with Crippen LogP contribution in [0.1, 0.15) is 41.3 Å². The molecule has 1 aliphatic heterocycles. The smallest absolute Gasteiger partial charge is 0.230 e. The molecule has 1 aliphatic carbocycles. The molecule has 2 heterocycles. The fraction of sp³-hybridized carbons (Fsp3) is 0.360. The molecule has 0 saturated heterocycles. The second-order valence-electron chi connectivity index (χ2n) is 8.35. The van der Waals surface area contributed by atoms with Gasteiger partial charge in [0.15, 0.2) is 0 Å². The summed E-state index contributed by atoms with van der Waals surface area (Å²) in [6, 6.07) is 18.1. The lowest BCUT2D eigenvalue weighted by Gasteiger charge is -2.24. The molecular formula is C25H27N3O3. The topological polar surface area (TPSA) is 65.4 Å². The fourth-order valence-electron chi connectivity index (χ4n) is 4.37. The molecule has 160 valence electrons. The van der Waals surface area contributed by atoms with Crippen molar-refractivity contribution in [2.45, 2.75) is 37.3 Å². The molecule has 1 amide bonds. The third-order valence-corrected chi connectivity index (χ3v) is 6.33. The van der Waals surface area contributed by atoms with Crippen molar-refractivity contribution in [3.05, 3.63) is 83.2 Å². The Morgan fingerprint density at radius 3 is 2.68 bits per heavy atom. The molecule has 1 aromatic heterocycles. The van der Waals surface area contributed by atoms with Crippen molar-refractivity contribution < 1.29 is 14.3 Å². The maximum atomic E-state index is 13.1. The molecule has 0 bridgehead atoms. The van der Waals surface area contributed by atoms with Gasteiger partial charge in [-0.15, -0.1) is 0 Å². The van der Waals surface area contributed by atoms with Crippen LogP contribution in [0.4, 0.5) is 0 Å². The van der Waals surface area contributed by atoms with E-state index in [0.717, 1.165) is 42.8 Å². The van der Waals surface area contributed by atoms with E-state index in [1.54, 1.807) is 7.11 Å². The van der Waals surface area contributed by atoms with E-state index < -0.39 is 5.41 Å². The Bertz CT molecular complexity index is 1060. The number of carbonyl (C=O) groups is 1. The molecule has 2 aromatic carbocycles. The van der Waals surface area contributed by atoms with E-state index in [4.69, 9.17) is 14.6 Å². The van der Waals surface area contributed by atoms with Crippen LogP contribution < -0.4 is 10.1 Å². The van der Waals surface area contributed by atoms with Crippen LogP contribution in [0, 0.1) is 0 Å². The number of methoxy groups -OCH3 is 1. The number of nitrogens with zero attached hydrogens (tertiary/aromatic N) is 2. The maximum absolute atomic E-state index is 13.1. The lowest BCUT2D eigenvalue weighted by molar-refractivity contribution is -0.124. The van der Waals surface area contributed by atoms with E-state index in [1.165, 1.54) is 11.1 Å². The molecule has 2 aliphatic rings. The first-order chi connectivity index (χ1) is 15.2. The van der Waals surface area contributed by atoms with Gasteiger partial charge in [0.2, 0.25) is 5.91 Å². The van der Waals surface area contributed by atoms with Gasteiger partial charge in [0.1, 0.15) is 11.9 Å². The Morgan fingerprint density at radius 1 is 1.19 bits per heavy atom. The normalized spacial score (nSPS) is 18.8. The number of amides is 1. The Kier molecular flexibility index (Phi) is 5.24. The number of ether oxygens (including phenoxy) is 2. The Labute approximate surface area is 182 Å². The van der Waals surface area contributed by atoms with Crippen molar-refractivity contribution in [1.29, 1.82) is 0 Å². The van der Waals surface area contributed by atoms with Crippen molar-refractivity contribution in [2.75, 3.05) is 20.3 Å². The third-order valence-electron chi connectivity index (χ3n) is 6.33. The van der Waals surface area contributed by atoms with Gasteiger partial charge in [-0.2, -0.15) is 5.10 Å². The molecular weight excluding hydrogens is 390 g/mol. The van der Waals surface area contributed by atoms with Crippen molar-refractivity contribution in [3.8, 4) is 5.75 Å². The molecule has 1 unspecified atom stereocenters. The highest BCUT2D eigenvalue weighted by Crippen LogP contribution is 2.48. The Morgan fingerprint density at radius 2 is 1.97 bits per heavy atom. The highest BCUT2D eigenvalue weighted by molar-refractivity contribution is 5.91. The van der Waals surface area contributed by atoms with Gasteiger partial charge in [0.25, 0.3) is 0 Å². The highest BCUT2D eigenvalue weighted by Gasteiger charge is 2.51. The third kappa shape index (κ3) is 3.95. The van der Waals surface area contributed by atoms with Crippen LogP contribution in [0.2, 0.25) is 0 Å². The minimum Gasteiger partial charge on any atom is -0.497 e. The number of carbonyl (C=O) groups excluding carboxylic acids is 1. The summed E-state index contributed by atoms with van der Waals surface area (Å²) in [7, 11) is 1.65. The predicted octanol–water partition coefficient (Wildman–Crippen LogP) is 3.40. The van der Waals surface area contributed by atoms with Crippen LogP contribution in [0.3, 0.4) is 0 Å². The average molecular weight is 418 g/mol. The molecule has 31 heavy (non-hydrogen) atoms. The molecule has 3 aromatic rings. The standard InChI is InChI=1S/C25H27N3O3/c1-30-21-9-7-20(8-10-21)25(12-13-25)24(29)26-15-22-23-19(11-14-31-22)17-28(27-23)16-18-5-3-2-4-6-18/h2-10,17,22H,11-16H2,1H3,(H,26,29). The summed E-state index contributed by atoms with van der Waals surface area (Å²) < 4.78 is 13.2. The summed E-state index contributed by atoms with van der Waals surface area (Å²) in [4.78, 5) is 13.1. The van der Waals surface area contributed by atoms with E-state index in [2.05, 4.69) is 23.6 Å². The van der Waals surface area contributed by atoms with Gasteiger partial charge >= 0.3 is 0 Å². The van der Waals surface area contributed by atoms with Gasteiger partial charge in [-0.3, -0.25) is 9.48 Å². The van der Waals surface area contributed by atoms with E-state index in [1.807, 2.05) is 47.1 Å². The van der Waals surface area contributed by atoms with Gasteiger partial charge in [0.05, 0.1) is 31.4 Å². The SMILES string of the molecule is COc1ccc(C2(C(=O)NCC3OCCc4cn(Cc5ccccc5)nc43)CC2)cc1. The molecule has 6 heteroatoms. The monoisotopic (exact) mass is 417 g/mol. The molecule has 1 saturated carbocycles. The van der Waals surface area contributed by atoms with Crippen LogP contribution in [0.25, 0.3) is 0 Å². The van der Waals surface area contributed by atoms with Gasteiger partial charge in [-0.05, 0) is 48.1 Å². The molecule has 6 nitrogen and oxygen atoms in total. The van der Waals surface area contributed by atoms with Crippen molar-refractivity contribution in [3.63, 3.8) is 0 Å².